The first kappa shape index (κ1) is 9.93. The summed E-state index contributed by atoms with van der Waals surface area (Å²) in [6.07, 6.45) is 5.66. The first-order valence-electron chi connectivity index (χ1n) is 4.41. The zero-order valence-corrected chi connectivity index (χ0v) is 7.20. The molecule has 0 aliphatic carbocycles. The molecule has 0 spiro atoms. The SMILES string of the molecule is CCCC[C@H](CF)CCC. The van der Waals surface area contributed by atoms with Crippen LogP contribution in [0.4, 0.5) is 4.39 Å². The van der Waals surface area contributed by atoms with E-state index in [4.69, 9.17) is 0 Å². The van der Waals surface area contributed by atoms with Crippen molar-refractivity contribution < 1.29 is 4.39 Å². The van der Waals surface area contributed by atoms with Crippen LogP contribution in [0.5, 0.6) is 0 Å². The van der Waals surface area contributed by atoms with E-state index in [9.17, 15) is 4.39 Å². The van der Waals surface area contributed by atoms with Crippen molar-refractivity contribution in [2.45, 2.75) is 46.0 Å². The van der Waals surface area contributed by atoms with E-state index in [1.165, 1.54) is 12.8 Å². The molecule has 0 rings (SSSR count). The average Bonchev–Trinajstić information content (AvgIpc) is 1.98. The molecule has 0 aromatic rings. The molecule has 1 heteroatoms. The van der Waals surface area contributed by atoms with Crippen LogP contribution in [0.15, 0.2) is 0 Å². The highest BCUT2D eigenvalue weighted by atomic mass is 19.1. The van der Waals surface area contributed by atoms with Gasteiger partial charge in [0.25, 0.3) is 0 Å². The average molecular weight is 146 g/mol. The van der Waals surface area contributed by atoms with Crippen molar-refractivity contribution in [3.63, 3.8) is 0 Å². The van der Waals surface area contributed by atoms with Crippen LogP contribution in [-0.4, -0.2) is 6.67 Å². The molecule has 1 atom stereocenters. The van der Waals surface area contributed by atoms with Crippen LogP contribution in [-0.2, 0) is 0 Å². The lowest BCUT2D eigenvalue weighted by Gasteiger charge is -2.09. The number of unbranched alkanes of at least 4 members (excludes halogenated alkanes) is 1. The molecule has 0 aliphatic rings. The Morgan fingerprint density at radius 2 is 1.80 bits per heavy atom. The Morgan fingerprint density at radius 3 is 2.20 bits per heavy atom. The van der Waals surface area contributed by atoms with Gasteiger partial charge in [-0.05, 0) is 18.8 Å². The highest BCUT2D eigenvalue weighted by Gasteiger charge is 2.04. The van der Waals surface area contributed by atoms with Crippen LogP contribution in [0.2, 0.25) is 0 Å². The second kappa shape index (κ2) is 7.04. The summed E-state index contributed by atoms with van der Waals surface area (Å²) in [7, 11) is 0. The van der Waals surface area contributed by atoms with Gasteiger partial charge in [0.05, 0.1) is 6.67 Å². The molecular weight excluding hydrogens is 127 g/mol. The number of hydrogen-bond donors (Lipinski definition) is 0. The van der Waals surface area contributed by atoms with Crippen molar-refractivity contribution in [1.29, 1.82) is 0 Å². The van der Waals surface area contributed by atoms with Gasteiger partial charge in [-0.1, -0.05) is 33.1 Å². The first-order valence-corrected chi connectivity index (χ1v) is 4.41. The standard InChI is InChI=1S/C9H19F/c1-3-5-7-9(8-10)6-4-2/h9H,3-8H2,1-2H3/t9-/m1/s1. The summed E-state index contributed by atoms with van der Waals surface area (Å²) < 4.78 is 12.2. The van der Waals surface area contributed by atoms with E-state index in [0.29, 0.717) is 5.92 Å². The van der Waals surface area contributed by atoms with Gasteiger partial charge >= 0.3 is 0 Å². The molecule has 0 radical (unpaired) electrons. The van der Waals surface area contributed by atoms with Crippen LogP contribution < -0.4 is 0 Å². The molecule has 0 saturated carbocycles. The third-order valence-corrected chi connectivity index (χ3v) is 1.88. The summed E-state index contributed by atoms with van der Waals surface area (Å²) in [5, 5.41) is 0. The molecule has 0 amide bonds. The Morgan fingerprint density at radius 1 is 1.10 bits per heavy atom. The lowest BCUT2D eigenvalue weighted by atomic mass is 9.99. The molecule has 0 N–H and O–H groups in total. The molecule has 0 fully saturated rings. The summed E-state index contributed by atoms with van der Waals surface area (Å²) in [5.41, 5.74) is 0. The molecule has 0 nitrogen and oxygen atoms in total. The molecule has 0 aromatic heterocycles. The van der Waals surface area contributed by atoms with Crippen molar-refractivity contribution in [3.05, 3.63) is 0 Å². The van der Waals surface area contributed by atoms with E-state index in [1.54, 1.807) is 0 Å². The van der Waals surface area contributed by atoms with Crippen molar-refractivity contribution in [2.24, 2.45) is 5.92 Å². The summed E-state index contributed by atoms with van der Waals surface area (Å²) in [5.74, 6) is 0.352. The normalized spacial score (nSPS) is 13.5. The predicted octanol–water partition coefficient (Wildman–Crippen LogP) is 3.56. The highest BCUT2D eigenvalue weighted by molar-refractivity contribution is 4.56. The fraction of sp³-hybridized carbons (Fsp3) is 1.00. The Labute approximate surface area is 63.8 Å². The van der Waals surface area contributed by atoms with Crippen molar-refractivity contribution in [3.8, 4) is 0 Å². The summed E-state index contributed by atoms with van der Waals surface area (Å²) >= 11 is 0. The third-order valence-electron chi connectivity index (χ3n) is 1.88. The van der Waals surface area contributed by atoms with Crippen LogP contribution >= 0.6 is 0 Å². The molecule has 0 aromatic carbocycles. The first-order chi connectivity index (χ1) is 4.85. The molecule has 10 heavy (non-hydrogen) atoms. The Bertz CT molecular complexity index is 61.7. The molecule has 0 aliphatic heterocycles. The highest BCUT2D eigenvalue weighted by Crippen LogP contribution is 2.14. The zero-order chi connectivity index (χ0) is 7.82. The maximum Gasteiger partial charge on any atom is 0.0922 e. The lowest BCUT2D eigenvalue weighted by molar-refractivity contribution is 0.318. The monoisotopic (exact) mass is 146 g/mol. The molecule has 0 saturated heterocycles. The maximum atomic E-state index is 12.2. The van der Waals surface area contributed by atoms with Crippen molar-refractivity contribution >= 4 is 0 Å². The maximum absolute atomic E-state index is 12.2. The molecule has 0 unspecified atom stereocenters. The van der Waals surface area contributed by atoms with Crippen LogP contribution in [0.3, 0.4) is 0 Å². The quantitative estimate of drug-likeness (QED) is 0.537. The van der Waals surface area contributed by atoms with E-state index < -0.39 is 0 Å². The van der Waals surface area contributed by atoms with Crippen molar-refractivity contribution in [2.75, 3.05) is 6.67 Å². The molecule has 62 valence electrons. The molecule has 0 bridgehead atoms. The van der Waals surface area contributed by atoms with E-state index in [1.807, 2.05) is 0 Å². The van der Waals surface area contributed by atoms with Gasteiger partial charge in [-0.3, -0.25) is 4.39 Å². The summed E-state index contributed by atoms with van der Waals surface area (Å²) in [6, 6.07) is 0. The predicted molar refractivity (Wildman–Crippen MR) is 43.9 cm³/mol. The molecular formula is C9H19F. The van der Waals surface area contributed by atoms with Crippen molar-refractivity contribution in [1.82, 2.24) is 0 Å². The van der Waals surface area contributed by atoms with Gasteiger partial charge < -0.3 is 0 Å². The third kappa shape index (κ3) is 4.78. The minimum absolute atomic E-state index is 0.117. The summed E-state index contributed by atoms with van der Waals surface area (Å²) in [4.78, 5) is 0. The van der Waals surface area contributed by atoms with Crippen LogP contribution in [0.1, 0.15) is 46.0 Å². The second-order valence-electron chi connectivity index (χ2n) is 2.95. The Hall–Kier alpha value is -0.0700. The minimum Gasteiger partial charge on any atom is -0.251 e. The fourth-order valence-corrected chi connectivity index (χ4v) is 1.20. The number of alkyl halides is 1. The van der Waals surface area contributed by atoms with E-state index in [2.05, 4.69) is 13.8 Å². The fourth-order valence-electron chi connectivity index (χ4n) is 1.20. The smallest absolute Gasteiger partial charge is 0.0922 e. The second-order valence-corrected chi connectivity index (χ2v) is 2.95. The van der Waals surface area contributed by atoms with E-state index >= 15 is 0 Å². The van der Waals surface area contributed by atoms with Gasteiger partial charge in [0.2, 0.25) is 0 Å². The number of rotatable bonds is 6. The van der Waals surface area contributed by atoms with Gasteiger partial charge in [-0.2, -0.15) is 0 Å². The zero-order valence-electron chi connectivity index (χ0n) is 7.20. The van der Waals surface area contributed by atoms with Gasteiger partial charge in [0.15, 0.2) is 0 Å². The summed E-state index contributed by atoms with van der Waals surface area (Å²) in [6.45, 7) is 4.16. The minimum atomic E-state index is -0.117. The number of halogens is 1. The largest absolute Gasteiger partial charge is 0.251 e. The van der Waals surface area contributed by atoms with Crippen LogP contribution in [0.25, 0.3) is 0 Å². The van der Waals surface area contributed by atoms with Gasteiger partial charge in [-0.15, -0.1) is 0 Å². The topological polar surface area (TPSA) is 0 Å². The van der Waals surface area contributed by atoms with Gasteiger partial charge in [0, 0.05) is 0 Å². The molecule has 0 heterocycles. The van der Waals surface area contributed by atoms with Gasteiger partial charge in [0.1, 0.15) is 0 Å². The lowest BCUT2D eigenvalue weighted by Crippen LogP contribution is -2.01. The van der Waals surface area contributed by atoms with Crippen LogP contribution in [0, 0.1) is 5.92 Å². The number of hydrogen-bond acceptors (Lipinski definition) is 0. The van der Waals surface area contributed by atoms with E-state index in [-0.39, 0.29) is 6.67 Å². The van der Waals surface area contributed by atoms with E-state index in [0.717, 1.165) is 19.3 Å². The Kier molecular flexibility index (Phi) is 6.99. The van der Waals surface area contributed by atoms with Gasteiger partial charge in [-0.25, -0.2) is 0 Å². The Balaban J connectivity index is 3.21.